The van der Waals surface area contributed by atoms with Crippen LogP contribution in [0.2, 0.25) is 0 Å². The molecule has 0 amide bonds. The quantitative estimate of drug-likeness (QED) is 0.0211. The molecule has 0 saturated heterocycles. The lowest BCUT2D eigenvalue weighted by Gasteiger charge is -2.25. The molecule has 0 radical (unpaired) electrons. The van der Waals surface area contributed by atoms with Gasteiger partial charge in [0.05, 0.1) is 34.4 Å². The summed E-state index contributed by atoms with van der Waals surface area (Å²) in [6.45, 7) is 4.86. The third-order valence-electron chi connectivity index (χ3n) is 21.6. The Morgan fingerprint density at radius 3 is 0.810 bits per heavy atom. The first kappa shape index (κ1) is 102. The number of aliphatic carboxylic acids is 1. The lowest BCUT2D eigenvalue weighted by Crippen LogP contribution is -2.40. The smallest absolute Gasteiger partial charge is 0.361 e. The fourth-order valence-electron chi connectivity index (χ4n) is 14.5. The predicted octanol–water partition coefficient (Wildman–Crippen LogP) is 30.7. The second-order valence-corrected chi connectivity index (χ2v) is 33.3. The van der Waals surface area contributed by atoms with E-state index in [1.807, 2.05) is 21.1 Å². The summed E-state index contributed by atoms with van der Waals surface area (Å²) < 4.78 is 23.1. The zero-order valence-electron chi connectivity index (χ0n) is 71.2. The summed E-state index contributed by atoms with van der Waals surface area (Å²) in [5.41, 5.74) is 0. The Morgan fingerprint density at radius 1 is 0.295 bits per heavy atom. The van der Waals surface area contributed by atoms with Crippen LogP contribution in [0.25, 0.3) is 0 Å². The number of nitrogens with zero attached hydrogens (tertiary/aromatic N) is 1. The van der Waals surface area contributed by atoms with Crippen molar-refractivity contribution in [2.45, 2.75) is 501 Å². The van der Waals surface area contributed by atoms with Gasteiger partial charge in [0.1, 0.15) is 13.2 Å². The average Bonchev–Trinajstić information content (AvgIpc) is 1.97. The Bertz CT molecular complexity index is 1870. The minimum atomic E-state index is -1.51. The average molecular weight is 1480 g/mol. The summed E-state index contributed by atoms with van der Waals surface area (Å²) in [7, 11) is 6.01. The van der Waals surface area contributed by atoms with E-state index in [1.54, 1.807) is 0 Å². The van der Waals surface area contributed by atoms with E-state index in [2.05, 4.69) is 62.5 Å². The van der Waals surface area contributed by atoms with E-state index in [4.69, 9.17) is 18.9 Å². The number of carboxylic acids is 1. The molecule has 0 spiro atoms. The first-order chi connectivity index (χ1) is 51.6. The molecule has 9 nitrogen and oxygen atoms in total. The van der Waals surface area contributed by atoms with Crippen LogP contribution in [0.15, 0.2) is 48.6 Å². The summed E-state index contributed by atoms with van der Waals surface area (Å²) >= 11 is 0. The normalized spacial score (nSPS) is 12.7. The van der Waals surface area contributed by atoms with E-state index in [9.17, 15) is 19.5 Å². The molecule has 0 aliphatic carbocycles. The first-order valence-corrected chi connectivity index (χ1v) is 46.8. The van der Waals surface area contributed by atoms with Crippen molar-refractivity contribution in [1.29, 1.82) is 0 Å². The topological polar surface area (TPSA) is 108 Å². The van der Waals surface area contributed by atoms with E-state index in [0.29, 0.717) is 17.4 Å². The number of allylic oxidation sites excluding steroid dienone is 8. The number of hydrogen-bond acceptors (Lipinski definition) is 7. The van der Waals surface area contributed by atoms with Gasteiger partial charge in [0.25, 0.3) is 6.29 Å². The fraction of sp³-hybridized carbons (Fsp3) is 0.885. The minimum Gasteiger partial charge on any atom is -0.477 e. The van der Waals surface area contributed by atoms with Crippen molar-refractivity contribution in [3.63, 3.8) is 0 Å². The highest BCUT2D eigenvalue weighted by atomic mass is 16.7. The van der Waals surface area contributed by atoms with Gasteiger partial charge < -0.3 is 28.5 Å². The summed E-state index contributed by atoms with van der Waals surface area (Å²) in [5.74, 6) is -1.96. The molecule has 0 bridgehead atoms. The molecule has 0 aliphatic heterocycles. The molecule has 1 N–H and O–H groups in total. The monoisotopic (exact) mass is 1480 g/mol. The van der Waals surface area contributed by atoms with Crippen molar-refractivity contribution in [3.8, 4) is 0 Å². The molecule has 0 aromatic heterocycles. The molecule has 0 saturated carbocycles. The maximum absolute atomic E-state index is 13.0. The molecule has 0 rings (SSSR count). The Hall–Kier alpha value is -2.75. The largest absolute Gasteiger partial charge is 0.477 e. The molecular weight excluding hydrogens is 1300 g/mol. The minimum absolute atomic E-state index is 0.174. The van der Waals surface area contributed by atoms with Crippen LogP contribution in [0.5, 0.6) is 0 Å². The van der Waals surface area contributed by atoms with E-state index >= 15 is 0 Å². The molecule has 9 heteroatoms. The molecule has 0 aromatic rings. The summed E-state index contributed by atoms with van der Waals surface area (Å²) in [6.07, 6.45) is 113. The van der Waals surface area contributed by atoms with Crippen molar-refractivity contribution in [2.75, 3.05) is 47.5 Å². The van der Waals surface area contributed by atoms with E-state index in [-0.39, 0.29) is 38.2 Å². The van der Waals surface area contributed by atoms with E-state index in [0.717, 1.165) is 64.2 Å². The lowest BCUT2D eigenvalue weighted by molar-refractivity contribution is -0.870. The predicted molar refractivity (Wildman–Crippen MR) is 457 cm³/mol. The SMILES string of the molecule is CC/C=C\C/C=C\C/C=C\C/C=C\CCCCCCCCCCCCCCCCCCCCCCCCCCCCC(=O)OC(COC(=O)CCCCCCCCCCCCCCCCCCCCCCCCCCCCCCCCCCCCCCCCCCC)COC(OCC[N+](C)(C)C)C(=O)O. The number of esters is 2. The second-order valence-electron chi connectivity index (χ2n) is 33.3. The molecule has 2 unspecified atom stereocenters. The summed E-state index contributed by atoms with van der Waals surface area (Å²) in [6, 6.07) is 0. The Kier molecular flexibility index (Phi) is 84.6. The van der Waals surface area contributed by atoms with Crippen LogP contribution in [0.4, 0.5) is 0 Å². The molecule has 105 heavy (non-hydrogen) atoms. The number of quaternary nitrogens is 1. The van der Waals surface area contributed by atoms with Gasteiger partial charge in [-0.05, 0) is 51.4 Å². The number of ether oxygens (including phenoxy) is 4. The highest BCUT2D eigenvalue weighted by molar-refractivity contribution is 5.71. The number of carbonyl (C=O) groups is 3. The van der Waals surface area contributed by atoms with Gasteiger partial charge >= 0.3 is 17.9 Å². The Balaban J connectivity index is 3.86. The van der Waals surface area contributed by atoms with Crippen LogP contribution < -0.4 is 0 Å². The van der Waals surface area contributed by atoms with Gasteiger partial charge in [0.2, 0.25) is 0 Å². The highest BCUT2D eigenvalue weighted by Gasteiger charge is 2.25. The zero-order chi connectivity index (χ0) is 76.0. The van der Waals surface area contributed by atoms with Crippen LogP contribution in [0.3, 0.4) is 0 Å². The van der Waals surface area contributed by atoms with Crippen molar-refractivity contribution in [2.24, 2.45) is 0 Å². The standard InChI is InChI=1S/C96H181NO8/c1-6-8-10-12-14-16-18-20-22-24-26-28-30-32-34-36-38-40-42-44-46-47-49-50-52-54-56-58-60-62-64-66-68-70-72-74-76-78-80-82-84-86-93(98)103-90-92(91-104-96(95(100)101)102-89-88-97(3,4)5)105-94(99)87-85-83-81-79-77-75-73-71-69-67-65-63-61-59-57-55-53-51-48-45-43-41-39-37-35-33-31-29-27-25-23-21-19-17-15-13-11-9-7-2/h9,11,15,17,21,23,27,29,92,96H,6-8,10,12-14,16,18-20,22,24-26,28,30-91H2,1-5H3/p+1/b11-9-,17-15-,23-21-,29-27-. The van der Waals surface area contributed by atoms with Gasteiger partial charge in [0, 0.05) is 12.8 Å². The highest BCUT2D eigenvalue weighted by Crippen LogP contribution is 2.22. The van der Waals surface area contributed by atoms with Crippen molar-refractivity contribution in [1.82, 2.24) is 0 Å². The van der Waals surface area contributed by atoms with Crippen LogP contribution >= 0.6 is 0 Å². The van der Waals surface area contributed by atoms with Gasteiger partial charge in [-0.2, -0.15) is 0 Å². The third kappa shape index (κ3) is 88.3. The zero-order valence-corrected chi connectivity index (χ0v) is 71.2. The number of unbranched alkanes of at least 4 members (excludes halogenated alkanes) is 66. The maximum atomic E-state index is 13.0. The number of carbonyl (C=O) groups excluding carboxylic acids is 2. The Morgan fingerprint density at radius 2 is 0.543 bits per heavy atom. The van der Waals surface area contributed by atoms with Crippen LogP contribution in [-0.2, 0) is 33.3 Å². The summed E-state index contributed by atoms with van der Waals surface area (Å²) in [4.78, 5) is 37.9. The molecule has 0 aliphatic rings. The molecule has 618 valence electrons. The van der Waals surface area contributed by atoms with Gasteiger partial charge in [-0.3, -0.25) is 9.59 Å². The number of hydrogen-bond donors (Lipinski definition) is 1. The van der Waals surface area contributed by atoms with Gasteiger partial charge in [-0.25, -0.2) is 4.79 Å². The molecule has 0 heterocycles. The van der Waals surface area contributed by atoms with Crippen molar-refractivity contribution in [3.05, 3.63) is 48.6 Å². The van der Waals surface area contributed by atoms with Crippen LogP contribution in [0, 0.1) is 0 Å². The summed E-state index contributed by atoms with van der Waals surface area (Å²) in [5, 5.41) is 9.80. The number of likely N-dealkylation sites (N-methyl/N-ethyl adjacent to an activating group) is 1. The number of carboxylic acid groups (broad SMARTS) is 1. The van der Waals surface area contributed by atoms with Crippen molar-refractivity contribution < 1.29 is 42.9 Å². The molecule has 0 fully saturated rings. The van der Waals surface area contributed by atoms with Gasteiger partial charge in [0.15, 0.2) is 6.10 Å². The Labute approximate surface area is 654 Å². The van der Waals surface area contributed by atoms with Crippen LogP contribution in [-0.4, -0.2) is 87.4 Å². The molecular formula is C96H182NO8+. The van der Waals surface area contributed by atoms with Crippen LogP contribution in [0.1, 0.15) is 489 Å². The number of rotatable bonds is 89. The molecule has 2 atom stereocenters. The van der Waals surface area contributed by atoms with E-state index < -0.39 is 18.4 Å². The third-order valence-corrected chi connectivity index (χ3v) is 21.6. The fourth-order valence-corrected chi connectivity index (χ4v) is 14.5. The van der Waals surface area contributed by atoms with Gasteiger partial charge in [-0.1, -0.05) is 473 Å². The van der Waals surface area contributed by atoms with Crippen molar-refractivity contribution >= 4 is 17.9 Å². The second kappa shape index (κ2) is 86.8. The van der Waals surface area contributed by atoms with E-state index in [1.165, 1.54) is 398 Å². The van der Waals surface area contributed by atoms with Gasteiger partial charge in [-0.15, -0.1) is 0 Å². The molecule has 0 aromatic carbocycles. The lowest BCUT2D eigenvalue weighted by atomic mass is 10.0. The first-order valence-electron chi connectivity index (χ1n) is 46.8. The maximum Gasteiger partial charge on any atom is 0.361 e.